The minimum absolute atomic E-state index is 0.197. The molecule has 60 valence electrons. The van der Waals surface area contributed by atoms with Crippen molar-refractivity contribution in [2.75, 3.05) is 20.3 Å². The minimum atomic E-state index is 0.197. The summed E-state index contributed by atoms with van der Waals surface area (Å²) in [6.07, 6.45) is 1.21. The maximum atomic E-state index is 5.18. The van der Waals surface area contributed by atoms with Crippen LogP contribution in [0.5, 0.6) is 0 Å². The summed E-state index contributed by atoms with van der Waals surface area (Å²) in [7, 11) is 1.70. The van der Waals surface area contributed by atoms with Crippen molar-refractivity contribution < 1.29 is 14.5 Å². The van der Waals surface area contributed by atoms with Gasteiger partial charge in [-0.15, -0.1) is 0 Å². The predicted octanol–water partition coefficient (Wildman–Crippen LogP) is 0.989. The van der Waals surface area contributed by atoms with E-state index in [1.54, 1.807) is 7.11 Å². The van der Waals surface area contributed by atoms with Gasteiger partial charge >= 0.3 is 0 Å². The third-order valence-electron chi connectivity index (χ3n) is 1.91. The molecule has 1 saturated heterocycles. The molecule has 2 unspecified atom stereocenters. The van der Waals surface area contributed by atoms with Gasteiger partial charge in [0.2, 0.25) is 0 Å². The van der Waals surface area contributed by atoms with Crippen LogP contribution in [0.15, 0.2) is 0 Å². The lowest BCUT2D eigenvalue weighted by molar-refractivity contribution is -0.296. The lowest BCUT2D eigenvalue weighted by atomic mass is 10.0. The molecule has 1 fully saturated rings. The van der Waals surface area contributed by atoms with E-state index in [2.05, 4.69) is 6.92 Å². The van der Waals surface area contributed by atoms with E-state index in [0.717, 1.165) is 6.42 Å². The van der Waals surface area contributed by atoms with Gasteiger partial charge in [0.05, 0.1) is 12.7 Å². The lowest BCUT2D eigenvalue weighted by Crippen LogP contribution is -2.23. The molecule has 2 atom stereocenters. The van der Waals surface area contributed by atoms with Crippen LogP contribution >= 0.6 is 0 Å². The zero-order valence-corrected chi connectivity index (χ0v) is 6.50. The molecule has 0 saturated carbocycles. The molecular formula is C7H14O3. The Kier molecular flexibility index (Phi) is 3.12. The Balaban J connectivity index is 2.35. The summed E-state index contributed by atoms with van der Waals surface area (Å²) in [6, 6.07) is 0. The number of hydrogen-bond donors (Lipinski definition) is 0. The van der Waals surface area contributed by atoms with Crippen molar-refractivity contribution in [1.82, 2.24) is 0 Å². The fourth-order valence-electron chi connectivity index (χ4n) is 1.06. The average molecular weight is 146 g/mol. The van der Waals surface area contributed by atoms with Crippen molar-refractivity contribution in [3.8, 4) is 0 Å². The van der Waals surface area contributed by atoms with Gasteiger partial charge in [-0.1, -0.05) is 6.92 Å². The highest BCUT2D eigenvalue weighted by molar-refractivity contribution is 4.65. The van der Waals surface area contributed by atoms with Crippen LogP contribution in [0.4, 0.5) is 0 Å². The number of rotatable bonds is 1. The van der Waals surface area contributed by atoms with Gasteiger partial charge in [-0.3, -0.25) is 0 Å². The first-order chi connectivity index (χ1) is 4.84. The van der Waals surface area contributed by atoms with Gasteiger partial charge < -0.3 is 4.74 Å². The first-order valence-electron chi connectivity index (χ1n) is 3.62. The summed E-state index contributed by atoms with van der Waals surface area (Å²) in [4.78, 5) is 9.66. The maximum absolute atomic E-state index is 5.18. The first kappa shape index (κ1) is 7.98. The minimum Gasteiger partial charge on any atom is -0.379 e. The molecule has 0 radical (unpaired) electrons. The van der Waals surface area contributed by atoms with Gasteiger partial charge in [0.15, 0.2) is 0 Å². The monoisotopic (exact) mass is 146 g/mol. The normalized spacial score (nSPS) is 35.4. The van der Waals surface area contributed by atoms with E-state index in [9.17, 15) is 0 Å². The fourth-order valence-corrected chi connectivity index (χ4v) is 1.06. The molecule has 3 nitrogen and oxygen atoms in total. The van der Waals surface area contributed by atoms with E-state index in [0.29, 0.717) is 19.1 Å². The van der Waals surface area contributed by atoms with Crippen LogP contribution in [-0.4, -0.2) is 26.4 Å². The van der Waals surface area contributed by atoms with Crippen molar-refractivity contribution in [3.05, 3.63) is 0 Å². The van der Waals surface area contributed by atoms with Crippen LogP contribution in [0, 0.1) is 5.92 Å². The summed E-state index contributed by atoms with van der Waals surface area (Å²) < 4.78 is 5.18. The summed E-state index contributed by atoms with van der Waals surface area (Å²) in [5.41, 5.74) is 0. The Bertz CT molecular complexity index is 94.9. The fraction of sp³-hybridized carbons (Fsp3) is 1.00. The van der Waals surface area contributed by atoms with Gasteiger partial charge in [0.25, 0.3) is 0 Å². The molecule has 1 rings (SSSR count). The van der Waals surface area contributed by atoms with Crippen molar-refractivity contribution in [3.63, 3.8) is 0 Å². The van der Waals surface area contributed by atoms with Crippen molar-refractivity contribution in [1.29, 1.82) is 0 Å². The summed E-state index contributed by atoms with van der Waals surface area (Å²) in [5, 5.41) is 0. The van der Waals surface area contributed by atoms with Gasteiger partial charge in [-0.25, -0.2) is 9.78 Å². The van der Waals surface area contributed by atoms with Gasteiger partial charge in [0, 0.05) is 7.11 Å². The Morgan fingerprint density at radius 3 is 2.90 bits per heavy atom. The maximum Gasteiger partial charge on any atom is 0.109 e. The number of methoxy groups -OCH3 is 1. The quantitative estimate of drug-likeness (QED) is 0.516. The topological polar surface area (TPSA) is 27.7 Å². The molecule has 10 heavy (non-hydrogen) atoms. The van der Waals surface area contributed by atoms with Crippen LogP contribution in [0.1, 0.15) is 13.3 Å². The van der Waals surface area contributed by atoms with Crippen LogP contribution < -0.4 is 0 Å². The second-order valence-corrected chi connectivity index (χ2v) is 2.65. The second kappa shape index (κ2) is 3.91. The predicted molar refractivity (Wildman–Crippen MR) is 36.5 cm³/mol. The van der Waals surface area contributed by atoms with Gasteiger partial charge in [0.1, 0.15) is 6.61 Å². The number of hydrogen-bond acceptors (Lipinski definition) is 3. The molecule has 1 aliphatic rings. The molecule has 0 spiro atoms. The lowest BCUT2D eigenvalue weighted by Gasteiger charge is -2.16. The molecule has 0 bridgehead atoms. The largest absolute Gasteiger partial charge is 0.379 e. The first-order valence-corrected chi connectivity index (χ1v) is 3.62. The molecule has 1 aliphatic heterocycles. The van der Waals surface area contributed by atoms with Crippen LogP contribution in [0.3, 0.4) is 0 Å². The Morgan fingerprint density at radius 1 is 1.40 bits per heavy atom. The summed E-state index contributed by atoms with van der Waals surface area (Å²) in [6.45, 7) is 3.38. The standard InChI is InChI=1S/C7H14O3/c1-6-3-4-9-10-5-7(6)8-2/h6-7H,3-5H2,1-2H3. The Morgan fingerprint density at radius 2 is 2.20 bits per heavy atom. The SMILES string of the molecule is COC1COOCCC1C. The molecule has 0 N–H and O–H groups in total. The van der Waals surface area contributed by atoms with E-state index in [-0.39, 0.29) is 6.10 Å². The molecule has 0 aromatic carbocycles. The summed E-state index contributed by atoms with van der Waals surface area (Å²) in [5.74, 6) is 0.535. The van der Waals surface area contributed by atoms with Crippen molar-refractivity contribution in [2.45, 2.75) is 19.4 Å². The van der Waals surface area contributed by atoms with Gasteiger partial charge in [-0.05, 0) is 12.3 Å². The van der Waals surface area contributed by atoms with Gasteiger partial charge in [-0.2, -0.15) is 0 Å². The van der Waals surface area contributed by atoms with E-state index >= 15 is 0 Å². The Hall–Kier alpha value is -0.120. The smallest absolute Gasteiger partial charge is 0.109 e. The zero-order valence-electron chi connectivity index (χ0n) is 6.50. The highest BCUT2D eigenvalue weighted by Gasteiger charge is 2.20. The molecule has 1 heterocycles. The van der Waals surface area contributed by atoms with Crippen LogP contribution in [-0.2, 0) is 14.5 Å². The Labute approximate surface area is 61.2 Å². The molecule has 0 amide bonds. The van der Waals surface area contributed by atoms with Crippen LogP contribution in [0.25, 0.3) is 0 Å². The van der Waals surface area contributed by atoms with E-state index in [1.807, 2.05) is 0 Å². The third kappa shape index (κ3) is 1.94. The van der Waals surface area contributed by atoms with Crippen molar-refractivity contribution >= 4 is 0 Å². The molecule has 3 heteroatoms. The highest BCUT2D eigenvalue weighted by Crippen LogP contribution is 2.14. The summed E-state index contributed by atoms with van der Waals surface area (Å²) >= 11 is 0. The zero-order chi connectivity index (χ0) is 7.40. The van der Waals surface area contributed by atoms with E-state index in [1.165, 1.54) is 0 Å². The average Bonchev–Trinajstić information content (AvgIpc) is 2.13. The van der Waals surface area contributed by atoms with Crippen molar-refractivity contribution in [2.24, 2.45) is 5.92 Å². The van der Waals surface area contributed by atoms with E-state index in [4.69, 9.17) is 14.5 Å². The second-order valence-electron chi connectivity index (χ2n) is 2.65. The molecular weight excluding hydrogens is 132 g/mol. The van der Waals surface area contributed by atoms with E-state index < -0.39 is 0 Å². The number of ether oxygens (including phenoxy) is 1. The molecule has 0 aromatic rings. The molecule has 0 aliphatic carbocycles. The third-order valence-corrected chi connectivity index (χ3v) is 1.91. The highest BCUT2D eigenvalue weighted by atomic mass is 17.2. The molecule has 0 aromatic heterocycles. The van der Waals surface area contributed by atoms with Crippen LogP contribution in [0.2, 0.25) is 0 Å².